The Balaban J connectivity index is 1.98. The van der Waals surface area contributed by atoms with Gasteiger partial charge in [-0.1, -0.05) is 13.8 Å². The smallest absolute Gasteiger partial charge is 0.225 e. The molecule has 1 aromatic rings. The maximum absolute atomic E-state index is 9.24. The zero-order chi connectivity index (χ0) is 14.5. The minimum Gasteiger partial charge on any atom is -0.394 e. The van der Waals surface area contributed by atoms with E-state index in [-0.39, 0.29) is 18.8 Å². The molecular formula is C14H24N4O2. The van der Waals surface area contributed by atoms with Gasteiger partial charge < -0.3 is 20.1 Å². The van der Waals surface area contributed by atoms with Gasteiger partial charge in [-0.25, -0.2) is 9.97 Å². The number of nitrogens with zero attached hydrogens (tertiary/aromatic N) is 3. The normalized spacial score (nSPS) is 23.4. The molecule has 1 aliphatic rings. The number of aliphatic hydroxyl groups is 1. The van der Waals surface area contributed by atoms with Crippen LogP contribution in [0.25, 0.3) is 0 Å². The van der Waals surface area contributed by atoms with Crippen molar-refractivity contribution in [1.82, 2.24) is 15.3 Å². The van der Waals surface area contributed by atoms with Gasteiger partial charge in [0.05, 0.1) is 18.8 Å². The first-order valence-corrected chi connectivity index (χ1v) is 7.14. The number of rotatable bonds is 5. The maximum atomic E-state index is 9.24. The van der Waals surface area contributed by atoms with Gasteiger partial charge in [0, 0.05) is 43.6 Å². The average Bonchev–Trinajstić information content (AvgIpc) is 2.45. The molecule has 2 unspecified atom stereocenters. The Morgan fingerprint density at radius 3 is 2.70 bits per heavy atom. The average molecular weight is 280 g/mol. The Bertz CT molecular complexity index is 410. The molecule has 2 rings (SSSR count). The van der Waals surface area contributed by atoms with Crippen molar-refractivity contribution in [3.63, 3.8) is 0 Å². The lowest BCUT2D eigenvalue weighted by atomic mass is 10.2. The van der Waals surface area contributed by atoms with Crippen LogP contribution in [-0.4, -0.2) is 53.0 Å². The van der Waals surface area contributed by atoms with Crippen LogP contribution < -0.4 is 10.2 Å². The highest BCUT2D eigenvalue weighted by Crippen LogP contribution is 2.16. The molecule has 0 aromatic carbocycles. The first kappa shape index (κ1) is 15.2. The van der Waals surface area contributed by atoms with Crippen molar-refractivity contribution in [3.8, 4) is 0 Å². The number of ether oxygens (including phenoxy) is 1. The molecule has 1 saturated heterocycles. The second kappa shape index (κ2) is 6.97. The van der Waals surface area contributed by atoms with Gasteiger partial charge in [-0.3, -0.25) is 0 Å². The zero-order valence-electron chi connectivity index (χ0n) is 12.4. The van der Waals surface area contributed by atoms with Crippen molar-refractivity contribution in [2.75, 3.05) is 24.6 Å². The minimum absolute atomic E-state index is 0.0250. The first-order valence-electron chi connectivity index (χ1n) is 7.14. The van der Waals surface area contributed by atoms with Crippen molar-refractivity contribution < 1.29 is 9.84 Å². The van der Waals surface area contributed by atoms with Crippen molar-refractivity contribution >= 4 is 5.95 Å². The minimum atomic E-state index is -0.162. The van der Waals surface area contributed by atoms with Crippen LogP contribution in [0, 0.1) is 0 Å². The Labute approximate surface area is 120 Å². The second-order valence-electron chi connectivity index (χ2n) is 5.58. The summed E-state index contributed by atoms with van der Waals surface area (Å²) in [6.45, 7) is 8.40. The van der Waals surface area contributed by atoms with Gasteiger partial charge in [0.15, 0.2) is 0 Å². The number of hydrogen-bond donors (Lipinski definition) is 2. The van der Waals surface area contributed by atoms with Gasteiger partial charge in [-0.2, -0.15) is 0 Å². The van der Waals surface area contributed by atoms with Crippen LogP contribution in [-0.2, 0) is 11.3 Å². The summed E-state index contributed by atoms with van der Waals surface area (Å²) in [5.41, 5.74) is 1.07. The van der Waals surface area contributed by atoms with Gasteiger partial charge in [-0.15, -0.1) is 0 Å². The molecule has 0 amide bonds. The number of nitrogens with one attached hydrogen (secondary N) is 1. The van der Waals surface area contributed by atoms with E-state index >= 15 is 0 Å². The highest BCUT2D eigenvalue weighted by Gasteiger charge is 2.26. The van der Waals surface area contributed by atoms with Gasteiger partial charge >= 0.3 is 0 Å². The molecule has 0 spiro atoms. The van der Waals surface area contributed by atoms with E-state index in [1.807, 2.05) is 19.3 Å². The molecule has 2 atom stereocenters. The molecule has 2 N–H and O–H groups in total. The number of hydrogen-bond acceptors (Lipinski definition) is 6. The maximum Gasteiger partial charge on any atom is 0.225 e. The fourth-order valence-corrected chi connectivity index (χ4v) is 2.23. The molecule has 112 valence electrons. The summed E-state index contributed by atoms with van der Waals surface area (Å²) in [5.74, 6) is 0.701. The second-order valence-corrected chi connectivity index (χ2v) is 5.58. The van der Waals surface area contributed by atoms with Crippen LogP contribution in [0.2, 0.25) is 0 Å². The molecule has 0 saturated carbocycles. The van der Waals surface area contributed by atoms with E-state index < -0.39 is 0 Å². The fourth-order valence-electron chi connectivity index (χ4n) is 2.23. The summed E-state index contributed by atoms with van der Waals surface area (Å²) in [4.78, 5) is 10.9. The third-order valence-corrected chi connectivity index (χ3v) is 3.22. The quantitative estimate of drug-likeness (QED) is 0.821. The molecule has 20 heavy (non-hydrogen) atoms. The van der Waals surface area contributed by atoms with E-state index in [2.05, 4.69) is 34.0 Å². The van der Waals surface area contributed by atoms with Crippen LogP contribution in [0.1, 0.15) is 26.3 Å². The standard InChI is InChI=1S/C14H24N4O2/c1-10(2)15-4-12-5-16-14(17-6-12)18-7-11(3)20-13(8-18)9-19/h5-6,10-11,13,15,19H,4,7-9H2,1-3H3. The van der Waals surface area contributed by atoms with E-state index in [4.69, 9.17) is 4.74 Å². The third-order valence-electron chi connectivity index (χ3n) is 3.22. The lowest BCUT2D eigenvalue weighted by molar-refractivity contribution is -0.0425. The summed E-state index contributed by atoms with van der Waals surface area (Å²) in [6, 6.07) is 0.445. The Morgan fingerprint density at radius 1 is 1.40 bits per heavy atom. The van der Waals surface area contributed by atoms with E-state index in [9.17, 15) is 5.11 Å². The molecule has 0 bridgehead atoms. The van der Waals surface area contributed by atoms with Crippen molar-refractivity contribution in [2.24, 2.45) is 0 Å². The monoisotopic (exact) mass is 280 g/mol. The Hall–Kier alpha value is -1.24. The highest BCUT2D eigenvalue weighted by molar-refractivity contribution is 5.31. The SMILES string of the molecule is CC(C)NCc1cnc(N2CC(C)OC(CO)C2)nc1. The summed E-state index contributed by atoms with van der Waals surface area (Å²) in [6.07, 6.45) is 3.62. The molecule has 1 aromatic heterocycles. The predicted octanol–water partition coefficient (Wildman–Crippen LogP) is 0.561. The van der Waals surface area contributed by atoms with Gasteiger partial charge in [0.1, 0.15) is 0 Å². The number of morpholine rings is 1. The van der Waals surface area contributed by atoms with Crippen molar-refractivity contribution in [1.29, 1.82) is 0 Å². The van der Waals surface area contributed by atoms with Gasteiger partial charge in [0.25, 0.3) is 0 Å². The summed E-state index contributed by atoms with van der Waals surface area (Å²) < 4.78 is 5.62. The van der Waals surface area contributed by atoms with Crippen LogP contribution in [0.5, 0.6) is 0 Å². The zero-order valence-corrected chi connectivity index (χ0v) is 12.4. The van der Waals surface area contributed by atoms with Gasteiger partial charge in [-0.05, 0) is 6.92 Å². The van der Waals surface area contributed by atoms with Crippen LogP contribution in [0.3, 0.4) is 0 Å². The molecule has 0 radical (unpaired) electrons. The van der Waals surface area contributed by atoms with Crippen LogP contribution in [0.4, 0.5) is 5.95 Å². The van der Waals surface area contributed by atoms with Crippen LogP contribution >= 0.6 is 0 Å². The van der Waals surface area contributed by atoms with Crippen molar-refractivity contribution in [2.45, 2.75) is 45.6 Å². The van der Waals surface area contributed by atoms with E-state index in [1.54, 1.807) is 0 Å². The number of aromatic nitrogens is 2. The summed E-state index contributed by atoms with van der Waals surface area (Å²) in [7, 11) is 0. The molecule has 6 heteroatoms. The molecule has 2 heterocycles. The van der Waals surface area contributed by atoms with Crippen LogP contribution in [0.15, 0.2) is 12.4 Å². The first-order chi connectivity index (χ1) is 9.58. The third kappa shape index (κ3) is 4.13. The number of aliphatic hydroxyl groups excluding tert-OH is 1. The largest absolute Gasteiger partial charge is 0.394 e. The van der Waals surface area contributed by atoms with E-state index in [1.165, 1.54) is 0 Å². The molecule has 0 aliphatic carbocycles. The Morgan fingerprint density at radius 2 is 2.10 bits per heavy atom. The summed E-state index contributed by atoms with van der Waals surface area (Å²) >= 11 is 0. The number of anilines is 1. The molecule has 6 nitrogen and oxygen atoms in total. The predicted molar refractivity (Wildman–Crippen MR) is 77.6 cm³/mol. The topological polar surface area (TPSA) is 70.5 Å². The highest BCUT2D eigenvalue weighted by atomic mass is 16.5. The molecular weight excluding hydrogens is 256 g/mol. The van der Waals surface area contributed by atoms with E-state index in [0.29, 0.717) is 18.5 Å². The lowest BCUT2D eigenvalue weighted by Crippen LogP contribution is -2.48. The summed E-state index contributed by atoms with van der Waals surface area (Å²) in [5, 5.41) is 12.6. The van der Waals surface area contributed by atoms with Crippen molar-refractivity contribution in [3.05, 3.63) is 18.0 Å². The van der Waals surface area contributed by atoms with E-state index in [0.717, 1.165) is 18.7 Å². The Kier molecular flexibility index (Phi) is 5.28. The molecule has 1 aliphatic heterocycles. The van der Waals surface area contributed by atoms with Gasteiger partial charge in [0.2, 0.25) is 5.95 Å². The fraction of sp³-hybridized carbons (Fsp3) is 0.714. The lowest BCUT2D eigenvalue weighted by Gasteiger charge is -2.36. The molecule has 1 fully saturated rings.